The third kappa shape index (κ3) is 4.56. The maximum absolute atomic E-state index is 13.2. The Hall–Kier alpha value is -3.48. The molecule has 0 saturated heterocycles. The van der Waals surface area contributed by atoms with Gasteiger partial charge in [-0.25, -0.2) is 0 Å². The minimum Gasteiger partial charge on any atom is -0.339 e. The Morgan fingerprint density at radius 1 is 1.03 bits per heavy atom. The quantitative estimate of drug-likeness (QED) is 0.617. The molecule has 1 fully saturated rings. The van der Waals surface area contributed by atoms with E-state index in [1.54, 1.807) is 19.3 Å². The Bertz CT molecular complexity index is 1090. The first kappa shape index (κ1) is 21.7. The lowest BCUT2D eigenvalue weighted by atomic mass is 9.96. The molecular weight excluding hydrogens is 402 g/mol. The number of nitrogens with one attached hydrogen (secondary N) is 2. The molecular formula is C25H29N5O2. The number of anilines is 1. The molecule has 1 unspecified atom stereocenters. The smallest absolute Gasteiger partial charge is 0.270 e. The summed E-state index contributed by atoms with van der Waals surface area (Å²) >= 11 is 0. The second kappa shape index (κ2) is 9.34. The van der Waals surface area contributed by atoms with Gasteiger partial charge < -0.3 is 10.6 Å². The van der Waals surface area contributed by atoms with Crippen molar-refractivity contribution in [2.45, 2.75) is 45.6 Å². The average Bonchev–Trinajstić information content (AvgIpc) is 3.45. The predicted molar refractivity (Wildman–Crippen MR) is 124 cm³/mol. The highest BCUT2D eigenvalue weighted by molar-refractivity contribution is 6.00. The van der Waals surface area contributed by atoms with Crippen LogP contribution in [-0.4, -0.2) is 32.6 Å². The van der Waals surface area contributed by atoms with Crippen LogP contribution in [-0.2, 0) is 11.8 Å². The van der Waals surface area contributed by atoms with E-state index >= 15 is 0 Å². The lowest BCUT2D eigenvalue weighted by Crippen LogP contribution is -2.48. The van der Waals surface area contributed by atoms with Gasteiger partial charge in [0.2, 0.25) is 5.91 Å². The van der Waals surface area contributed by atoms with Gasteiger partial charge >= 0.3 is 0 Å². The molecule has 0 bridgehead atoms. The third-order valence-corrected chi connectivity index (χ3v) is 6.28. The lowest BCUT2D eigenvalue weighted by Gasteiger charge is -2.24. The van der Waals surface area contributed by atoms with E-state index < -0.39 is 6.04 Å². The first-order valence-electron chi connectivity index (χ1n) is 11.1. The number of aryl methyl sites for hydroxylation is 3. The van der Waals surface area contributed by atoms with Gasteiger partial charge in [-0.1, -0.05) is 25.0 Å². The van der Waals surface area contributed by atoms with Crippen LogP contribution in [0.3, 0.4) is 0 Å². The molecule has 4 rings (SSSR count). The summed E-state index contributed by atoms with van der Waals surface area (Å²) in [5.74, 6) is -0.337. The molecule has 1 aliphatic carbocycles. The van der Waals surface area contributed by atoms with E-state index in [9.17, 15) is 9.59 Å². The molecule has 3 aromatic rings. The predicted octanol–water partition coefficient (Wildman–Crippen LogP) is 4.03. The highest BCUT2D eigenvalue weighted by Crippen LogP contribution is 2.30. The average molecular weight is 432 g/mol. The van der Waals surface area contributed by atoms with E-state index in [1.165, 1.54) is 4.68 Å². The van der Waals surface area contributed by atoms with Crippen LogP contribution in [0, 0.1) is 19.8 Å². The van der Waals surface area contributed by atoms with Crippen LogP contribution < -0.4 is 10.6 Å². The Morgan fingerprint density at radius 2 is 1.75 bits per heavy atom. The minimum absolute atomic E-state index is 0.132. The van der Waals surface area contributed by atoms with Crippen LogP contribution in [0.4, 0.5) is 5.69 Å². The van der Waals surface area contributed by atoms with E-state index in [-0.39, 0.29) is 17.7 Å². The Balaban J connectivity index is 1.50. The van der Waals surface area contributed by atoms with Gasteiger partial charge in [0.15, 0.2) is 0 Å². The van der Waals surface area contributed by atoms with E-state index in [4.69, 9.17) is 0 Å². The van der Waals surface area contributed by atoms with Gasteiger partial charge in [-0.15, -0.1) is 0 Å². The molecule has 1 aliphatic rings. The summed E-state index contributed by atoms with van der Waals surface area (Å²) in [6.45, 7) is 4.06. The molecule has 2 heterocycles. The van der Waals surface area contributed by atoms with E-state index in [2.05, 4.69) is 27.6 Å². The van der Waals surface area contributed by atoms with Gasteiger partial charge in [0.25, 0.3) is 5.91 Å². The molecule has 1 saturated carbocycles. The van der Waals surface area contributed by atoms with Crippen molar-refractivity contribution in [3.63, 3.8) is 0 Å². The van der Waals surface area contributed by atoms with E-state index in [0.29, 0.717) is 11.4 Å². The van der Waals surface area contributed by atoms with Crippen LogP contribution in [0.5, 0.6) is 0 Å². The molecule has 0 spiro atoms. The molecule has 7 nitrogen and oxygen atoms in total. The fourth-order valence-electron chi connectivity index (χ4n) is 4.57. The van der Waals surface area contributed by atoms with Crippen molar-refractivity contribution in [3.05, 3.63) is 65.7 Å². The number of carbonyl (C=O) groups is 2. The van der Waals surface area contributed by atoms with Gasteiger partial charge in [-0.3, -0.25) is 19.3 Å². The molecule has 2 N–H and O–H groups in total. The third-order valence-electron chi connectivity index (χ3n) is 6.28. The summed E-state index contributed by atoms with van der Waals surface area (Å²) in [6.07, 6.45) is 7.41. The van der Waals surface area contributed by atoms with Gasteiger partial charge in [0, 0.05) is 36.4 Å². The maximum Gasteiger partial charge on any atom is 0.270 e. The van der Waals surface area contributed by atoms with Crippen LogP contribution in [0.2, 0.25) is 0 Å². The largest absolute Gasteiger partial charge is 0.339 e. The normalized spacial score (nSPS) is 14.8. The fraction of sp³-hybridized carbons (Fsp3) is 0.360. The summed E-state index contributed by atoms with van der Waals surface area (Å²) < 4.78 is 1.51. The number of nitrogens with zero attached hydrogens (tertiary/aromatic N) is 3. The minimum atomic E-state index is -0.581. The van der Waals surface area contributed by atoms with Crippen molar-refractivity contribution in [1.82, 2.24) is 20.1 Å². The molecule has 1 aromatic carbocycles. The van der Waals surface area contributed by atoms with Crippen LogP contribution in [0.15, 0.2) is 48.8 Å². The molecule has 2 aromatic heterocycles. The SMILES string of the molecule is Cc1ccnc(C)c1-c1ccc(NC(=O)C(NC(=O)c2ccnn2C)C2CCCC2)cc1. The number of benzene rings is 1. The second-order valence-corrected chi connectivity index (χ2v) is 8.49. The zero-order chi connectivity index (χ0) is 22.7. The monoisotopic (exact) mass is 431 g/mol. The number of rotatable bonds is 6. The second-order valence-electron chi connectivity index (χ2n) is 8.49. The summed E-state index contributed by atoms with van der Waals surface area (Å²) in [7, 11) is 1.72. The van der Waals surface area contributed by atoms with Gasteiger partial charge in [0.1, 0.15) is 11.7 Å². The Labute approximate surface area is 188 Å². The summed E-state index contributed by atoms with van der Waals surface area (Å²) in [5, 5.41) is 10.0. The van der Waals surface area contributed by atoms with Gasteiger partial charge in [0.05, 0.1) is 0 Å². The first-order valence-corrected chi connectivity index (χ1v) is 11.1. The van der Waals surface area contributed by atoms with Crippen molar-refractivity contribution < 1.29 is 9.59 Å². The number of amides is 2. The number of pyridine rings is 1. The highest BCUT2D eigenvalue weighted by atomic mass is 16.2. The molecule has 0 radical (unpaired) electrons. The summed E-state index contributed by atoms with van der Waals surface area (Å²) in [6, 6.07) is 10.8. The molecule has 1 atom stereocenters. The maximum atomic E-state index is 13.2. The van der Waals surface area contributed by atoms with Crippen molar-refractivity contribution >= 4 is 17.5 Å². The summed E-state index contributed by atoms with van der Waals surface area (Å²) in [4.78, 5) is 30.3. The number of hydrogen-bond acceptors (Lipinski definition) is 4. The van der Waals surface area contributed by atoms with Crippen LogP contribution >= 0.6 is 0 Å². The lowest BCUT2D eigenvalue weighted by molar-refractivity contribution is -0.119. The zero-order valence-electron chi connectivity index (χ0n) is 18.8. The Kier molecular flexibility index (Phi) is 6.35. The molecule has 7 heteroatoms. The van der Waals surface area contributed by atoms with Crippen molar-refractivity contribution in [2.75, 3.05) is 5.32 Å². The fourth-order valence-corrected chi connectivity index (χ4v) is 4.57. The molecule has 2 amide bonds. The van der Waals surface area contributed by atoms with Crippen molar-refractivity contribution in [3.8, 4) is 11.1 Å². The van der Waals surface area contributed by atoms with Crippen molar-refractivity contribution in [1.29, 1.82) is 0 Å². The number of hydrogen-bond donors (Lipinski definition) is 2. The molecule has 32 heavy (non-hydrogen) atoms. The first-order chi connectivity index (χ1) is 15.4. The summed E-state index contributed by atoms with van der Waals surface area (Å²) in [5.41, 5.74) is 5.44. The van der Waals surface area contributed by atoms with E-state index in [0.717, 1.165) is 48.1 Å². The standard InChI is InChI=1S/C25H29N5O2/c1-16-12-14-26-17(2)22(16)18-8-10-20(11-9-18)28-25(32)23(19-6-4-5-7-19)29-24(31)21-13-15-27-30(21)3/h8-15,19,23H,4-7H2,1-3H3,(H,28,32)(H,29,31). The van der Waals surface area contributed by atoms with Crippen LogP contribution in [0.25, 0.3) is 11.1 Å². The van der Waals surface area contributed by atoms with Gasteiger partial charge in [-0.2, -0.15) is 5.10 Å². The van der Waals surface area contributed by atoms with Crippen LogP contribution in [0.1, 0.15) is 47.4 Å². The Morgan fingerprint density at radius 3 is 2.38 bits per heavy atom. The molecule has 0 aliphatic heterocycles. The van der Waals surface area contributed by atoms with Gasteiger partial charge in [-0.05, 0) is 68.0 Å². The number of carbonyl (C=O) groups excluding carboxylic acids is 2. The molecule has 166 valence electrons. The topological polar surface area (TPSA) is 88.9 Å². The zero-order valence-corrected chi connectivity index (χ0v) is 18.8. The highest BCUT2D eigenvalue weighted by Gasteiger charge is 2.32. The van der Waals surface area contributed by atoms with Crippen molar-refractivity contribution in [2.24, 2.45) is 13.0 Å². The van der Waals surface area contributed by atoms with E-state index in [1.807, 2.05) is 43.5 Å². The number of aromatic nitrogens is 3.